The number of aliphatic hydroxyl groups is 1. The summed E-state index contributed by atoms with van der Waals surface area (Å²) in [4.78, 5) is 11.9. The van der Waals surface area contributed by atoms with Crippen LogP contribution < -0.4 is 10.6 Å². The maximum atomic E-state index is 12.5. The summed E-state index contributed by atoms with van der Waals surface area (Å²) in [5.41, 5.74) is 2.59. The Hall–Kier alpha value is -2.17. The van der Waals surface area contributed by atoms with Gasteiger partial charge in [-0.1, -0.05) is 12.1 Å². The lowest BCUT2D eigenvalue weighted by atomic mass is 10.1. The average Bonchev–Trinajstić information content (AvgIpc) is 2.98. The fourth-order valence-electron chi connectivity index (χ4n) is 2.64. The summed E-state index contributed by atoms with van der Waals surface area (Å²) in [6.07, 6.45) is 3.56. The Morgan fingerprint density at radius 2 is 2.12 bits per heavy atom. The number of H-pyrrole nitrogens is 1. The van der Waals surface area contributed by atoms with Gasteiger partial charge in [0.15, 0.2) is 0 Å². The molecule has 0 radical (unpaired) electrons. The van der Waals surface area contributed by atoms with Gasteiger partial charge in [0.2, 0.25) is 5.95 Å². The zero-order valence-corrected chi connectivity index (χ0v) is 14.8. The lowest BCUT2D eigenvalue weighted by Crippen LogP contribution is -2.20. The first-order valence-corrected chi connectivity index (χ1v) is 10.4. The summed E-state index contributed by atoms with van der Waals surface area (Å²) in [5.74, 6) is 0.469. The van der Waals surface area contributed by atoms with E-state index in [1.54, 1.807) is 19.5 Å². The predicted octanol–water partition coefficient (Wildman–Crippen LogP) is 2.67. The summed E-state index contributed by atoms with van der Waals surface area (Å²) in [7, 11) is -2.38. The molecule has 0 aliphatic carbocycles. The van der Waals surface area contributed by atoms with Crippen LogP contribution in [-0.2, 0) is 4.57 Å². The van der Waals surface area contributed by atoms with Crippen molar-refractivity contribution in [2.24, 2.45) is 0 Å². The number of aliphatic hydroxyl groups excluding tert-OH is 1. The van der Waals surface area contributed by atoms with Gasteiger partial charge in [0, 0.05) is 34.7 Å². The minimum absolute atomic E-state index is 0.00627. The molecule has 3 N–H and O–H groups in total. The third kappa shape index (κ3) is 3.21. The maximum absolute atomic E-state index is 12.5. The number of hydrogen-bond donors (Lipinski definition) is 3. The van der Waals surface area contributed by atoms with Crippen molar-refractivity contribution in [1.82, 2.24) is 15.0 Å². The minimum atomic E-state index is -2.38. The van der Waals surface area contributed by atoms with Crippen LogP contribution in [0.5, 0.6) is 0 Å². The number of nitrogens with zero attached hydrogens (tertiary/aromatic N) is 2. The molecule has 7 heteroatoms. The number of nitrogens with one attached hydrogen (secondary N) is 2. The topological polar surface area (TPSA) is 90.9 Å². The maximum Gasteiger partial charge on any atom is 0.223 e. The lowest BCUT2D eigenvalue weighted by Gasteiger charge is -2.11. The second-order valence-electron chi connectivity index (χ2n) is 6.25. The van der Waals surface area contributed by atoms with Crippen molar-refractivity contribution in [2.45, 2.75) is 13.0 Å². The number of aromatic nitrogens is 3. The van der Waals surface area contributed by atoms with E-state index in [2.05, 4.69) is 20.3 Å². The largest absolute Gasteiger partial charge is 0.394 e. The van der Waals surface area contributed by atoms with E-state index in [4.69, 9.17) is 5.11 Å². The van der Waals surface area contributed by atoms with E-state index in [-0.39, 0.29) is 12.6 Å². The normalized spacial score (nSPS) is 13.2. The average molecular weight is 344 g/mol. The Labute approximate surface area is 140 Å². The lowest BCUT2D eigenvalue weighted by molar-refractivity contribution is 0.281. The van der Waals surface area contributed by atoms with E-state index in [0.29, 0.717) is 5.95 Å². The molecular formula is C17H21N4O2P. The zero-order valence-electron chi connectivity index (χ0n) is 13.9. The highest BCUT2D eigenvalue weighted by molar-refractivity contribution is 7.70. The summed E-state index contributed by atoms with van der Waals surface area (Å²) >= 11 is 0. The zero-order chi connectivity index (χ0) is 17.3. The molecule has 0 fully saturated rings. The van der Waals surface area contributed by atoms with Crippen LogP contribution in [0.3, 0.4) is 0 Å². The van der Waals surface area contributed by atoms with Crippen molar-refractivity contribution in [1.29, 1.82) is 0 Å². The first-order chi connectivity index (χ1) is 11.4. The first kappa shape index (κ1) is 16.7. The molecule has 2 aromatic heterocycles. The van der Waals surface area contributed by atoms with E-state index in [1.807, 2.05) is 37.4 Å². The minimum Gasteiger partial charge on any atom is -0.394 e. The Bertz CT molecular complexity index is 916. The van der Waals surface area contributed by atoms with Gasteiger partial charge in [-0.3, -0.25) is 0 Å². The van der Waals surface area contributed by atoms with Crippen LogP contribution in [-0.4, -0.2) is 46.0 Å². The second-order valence-corrected chi connectivity index (χ2v) is 9.43. The molecule has 1 atom stereocenters. The SMILES string of the molecule is C[C@@H](CO)Nc1nccc(-c2c[nH]c3c(P(C)(C)=O)cccc23)n1. The van der Waals surface area contributed by atoms with Crippen molar-refractivity contribution in [3.8, 4) is 11.3 Å². The van der Waals surface area contributed by atoms with Crippen LogP contribution >= 0.6 is 7.14 Å². The van der Waals surface area contributed by atoms with Crippen LogP contribution in [0.15, 0.2) is 36.7 Å². The summed E-state index contributed by atoms with van der Waals surface area (Å²) in [5, 5.41) is 14.0. The number of anilines is 1. The number of fused-ring (bicyclic) bond motifs is 1. The highest BCUT2D eigenvalue weighted by atomic mass is 31.2. The number of rotatable bonds is 5. The van der Waals surface area contributed by atoms with E-state index in [9.17, 15) is 4.57 Å². The molecule has 6 nitrogen and oxygen atoms in total. The van der Waals surface area contributed by atoms with Crippen LogP contribution in [0.25, 0.3) is 22.2 Å². The van der Waals surface area contributed by atoms with Crippen molar-refractivity contribution < 1.29 is 9.67 Å². The molecule has 3 rings (SSSR count). The fourth-order valence-corrected chi connectivity index (χ4v) is 3.81. The molecule has 1 aromatic carbocycles. The number of benzene rings is 1. The van der Waals surface area contributed by atoms with Crippen molar-refractivity contribution in [2.75, 3.05) is 25.3 Å². The van der Waals surface area contributed by atoms with Crippen LogP contribution in [0.1, 0.15) is 6.92 Å². The van der Waals surface area contributed by atoms with Gasteiger partial charge >= 0.3 is 0 Å². The van der Waals surface area contributed by atoms with Gasteiger partial charge < -0.3 is 20.0 Å². The molecule has 0 saturated carbocycles. The van der Waals surface area contributed by atoms with Gasteiger partial charge in [0.05, 0.1) is 17.8 Å². The quantitative estimate of drug-likeness (QED) is 0.619. The van der Waals surface area contributed by atoms with Crippen LogP contribution in [0.2, 0.25) is 0 Å². The van der Waals surface area contributed by atoms with Crippen molar-refractivity contribution >= 4 is 29.3 Å². The Kier molecular flexibility index (Phi) is 4.43. The molecule has 0 aliphatic heterocycles. The predicted molar refractivity (Wildman–Crippen MR) is 98.6 cm³/mol. The third-order valence-corrected chi connectivity index (χ3v) is 5.39. The smallest absolute Gasteiger partial charge is 0.223 e. The summed E-state index contributed by atoms with van der Waals surface area (Å²) in [6, 6.07) is 7.52. The second kappa shape index (κ2) is 6.38. The van der Waals surface area contributed by atoms with Gasteiger partial charge in [0.1, 0.15) is 7.14 Å². The van der Waals surface area contributed by atoms with Gasteiger partial charge in [-0.25, -0.2) is 9.97 Å². The molecule has 0 amide bonds. The van der Waals surface area contributed by atoms with Gasteiger partial charge in [0.25, 0.3) is 0 Å². The van der Waals surface area contributed by atoms with E-state index < -0.39 is 7.14 Å². The molecule has 0 saturated heterocycles. The number of aromatic amines is 1. The van der Waals surface area contributed by atoms with Crippen LogP contribution in [0, 0.1) is 0 Å². The third-order valence-electron chi connectivity index (χ3n) is 3.85. The van der Waals surface area contributed by atoms with E-state index in [1.165, 1.54) is 0 Å². The molecular weight excluding hydrogens is 323 g/mol. The molecule has 0 unspecified atom stereocenters. The van der Waals surface area contributed by atoms with Gasteiger partial charge in [-0.2, -0.15) is 0 Å². The van der Waals surface area contributed by atoms with Gasteiger partial charge in [-0.05, 0) is 32.4 Å². The Morgan fingerprint density at radius 1 is 1.33 bits per heavy atom. The van der Waals surface area contributed by atoms with Crippen molar-refractivity contribution in [3.05, 3.63) is 36.7 Å². The standard InChI is InChI=1S/C17H21N4O2P/c1-11(10-22)20-17-18-8-7-14(21-17)13-9-19-16-12(13)5-4-6-15(16)24(2,3)23/h4-9,11,19,22H,10H2,1-3H3,(H,18,20,21)/t11-/m0/s1. The summed E-state index contributed by atoms with van der Waals surface area (Å²) < 4.78 is 12.5. The Balaban J connectivity index is 2.08. The molecule has 0 spiro atoms. The monoisotopic (exact) mass is 344 g/mol. The van der Waals surface area contributed by atoms with Crippen molar-refractivity contribution in [3.63, 3.8) is 0 Å². The van der Waals surface area contributed by atoms with Crippen LogP contribution in [0.4, 0.5) is 5.95 Å². The number of hydrogen-bond acceptors (Lipinski definition) is 5. The highest BCUT2D eigenvalue weighted by Gasteiger charge is 2.18. The van der Waals surface area contributed by atoms with E-state index >= 15 is 0 Å². The van der Waals surface area contributed by atoms with E-state index in [0.717, 1.165) is 27.5 Å². The fraction of sp³-hybridized carbons (Fsp3) is 0.294. The van der Waals surface area contributed by atoms with Gasteiger partial charge in [-0.15, -0.1) is 0 Å². The summed E-state index contributed by atoms with van der Waals surface area (Å²) in [6.45, 7) is 5.40. The molecule has 24 heavy (non-hydrogen) atoms. The molecule has 2 heterocycles. The highest BCUT2D eigenvalue weighted by Crippen LogP contribution is 2.38. The number of para-hydroxylation sites is 1. The molecule has 3 aromatic rings. The Morgan fingerprint density at radius 3 is 2.83 bits per heavy atom. The molecule has 0 bridgehead atoms. The first-order valence-electron chi connectivity index (χ1n) is 7.76. The molecule has 0 aliphatic rings. The molecule has 126 valence electrons.